The highest BCUT2D eigenvalue weighted by Crippen LogP contribution is 2.28. The number of halogens is 1. The molecule has 6 heteroatoms. The lowest BCUT2D eigenvalue weighted by Crippen LogP contribution is -2.11. The molecule has 0 aliphatic heterocycles. The number of para-hydroxylation sites is 1. The summed E-state index contributed by atoms with van der Waals surface area (Å²) in [6.45, 7) is 0. The van der Waals surface area contributed by atoms with Crippen molar-refractivity contribution in [1.29, 1.82) is 0 Å². The van der Waals surface area contributed by atoms with Crippen LogP contribution >= 0.6 is 11.3 Å². The lowest BCUT2D eigenvalue weighted by atomic mass is 10.1. The van der Waals surface area contributed by atoms with Gasteiger partial charge in [0.05, 0.1) is 11.4 Å². The number of nitrogens with one attached hydrogen (secondary N) is 2. The van der Waals surface area contributed by atoms with Crippen LogP contribution in [0.1, 0.15) is 10.4 Å². The van der Waals surface area contributed by atoms with Crippen LogP contribution in [-0.2, 0) is 0 Å². The first kappa shape index (κ1) is 17.9. The lowest BCUT2D eigenvalue weighted by molar-refractivity contribution is 0.102. The highest BCUT2D eigenvalue weighted by molar-refractivity contribution is 7.14. The van der Waals surface area contributed by atoms with Crippen molar-refractivity contribution in [3.63, 3.8) is 0 Å². The van der Waals surface area contributed by atoms with Gasteiger partial charge in [-0.15, -0.1) is 11.3 Å². The minimum absolute atomic E-state index is 0.154. The van der Waals surface area contributed by atoms with Gasteiger partial charge in [-0.05, 0) is 36.4 Å². The van der Waals surface area contributed by atoms with Gasteiger partial charge in [-0.1, -0.05) is 42.5 Å². The smallest absolute Gasteiger partial charge is 0.255 e. The third-order valence-corrected chi connectivity index (χ3v) is 4.85. The summed E-state index contributed by atoms with van der Waals surface area (Å²) in [5, 5.41) is 8.38. The summed E-state index contributed by atoms with van der Waals surface area (Å²) in [5.41, 5.74) is 3.40. The van der Waals surface area contributed by atoms with Crippen molar-refractivity contribution in [3.8, 4) is 11.3 Å². The van der Waals surface area contributed by atoms with Crippen LogP contribution in [-0.4, -0.2) is 10.9 Å². The summed E-state index contributed by atoms with van der Waals surface area (Å²) in [7, 11) is 0. The highest BCUT2D eigenvalue weighted by Gasteiger charge is 2.09. The van der Waals surface area contributed by atoms with Gasteiger partial charge in [-0.3, -0.25) is 4.79 Å². The fourth-order valence-electron chi connectivity index (χ4n) is 2.66. The molecule has 0 unspecified atom stereocenters. The molecular weight excluding hydrogens is 373 g/mol. The van der Waals surface area contributed by atoms with E-state index in [2.05, 4.69) is 15.6 Å². The number of thiazole rings is 1. The Morgan fingerprint density at radius 1 is 0.893 bits per heavy atom. The van der Waals surface area contributed by atoms with E-state index in [-0.39, 0.29) is 11.7 Å². The van der Waals surface area contributed by atoms with Gasteiger partial charge in [0.25, 0.3) is 5.91 Å². The minimum Gasteiger partial charge on any atom is -0.329 e. The SMILES string of the molecule is O=C(Nc1ccc(-c2csc(Nc3ccccc3F)n2)cc1)c1ccccc1. The summed E-state index contributed by atoms with van der Waals surface area (Å²) >= 11 is 1.40. The average Bonchev–Trinajstić information content (AvgIpc) is 3.19. The van der Waals surface area contributed by atoms with Crippen molar-refractivity contribution in [3.05, 3.63) is 95.6 Å². The Labute approximate surface area is 165 Å². The molecule has 0 aliphatic rings. The van der Waals surface area contributed by atoms with E-state index in [0.29, 0.717) is 22.1 Å². The lowest BCUT2D eigenvalue weighted by Gasteiger charge is -2.06. The van der Waals surface area contributed by atoms with Crippen molar-refractivity contribution >= 4 is 33.8 Å². The number of aromatic nitrogens is 1. The van der Waals surface area contributed by atoms with Crippen LogP contribution in [0.15, 0.2) is 84.2 Å². The molecule has 138 valence electrons. The largest absolute Gasteiger partial charge is 0.329 e. The first-order valence-corrected chi connectivity index (χ1v) is 9.51. The third kappa shape index (κ3) is 4.07. The van der Waals surface area contributed by atoms with Crippen LogP contribution in [0.3, 0.4) is 0 Å². The topological polar surface area (TPSA) is 54.0 Å². The van der Waals surface area contributed by atoms with Gasteiger partial charge >= 0.3 is 0 Å². The van der Waals surface area contributed by atoms with E-state index in [9.17, 15) is 9.18 Å². The Hall–Kier alpha value is -3.51. The van der Waals surface area contributed by atoms with E-state index < -0.39 is 0 Å². The van der Waals surface area contributed by atoms with Crippen molar-refractivity contribution in [2.45, 2.75) is 0 Å². The minimum atomic E-state index is -0.322. The predicted octanol–water partition coefficient (Wildman–Crippen LogP) is 5.95. The zero-order chi connectivity index (χ0) is 19.3. The molecule has 1 aromatic heterocycles. The molecular formula is C22H16FN3OS. The summed E-state index contributed by atoms with van der Waals surface area (Å²) in [4.78, 5) is 16.7. The second-order valence-corrected chi connectivity index (χ2v) is 6.90. The number of nitrogens with zero attached hydrogens (tertiary/aromatic N) is 1. The molecule has 0 fully saturated rings. The molecule has 3 aromatic carbocycles. The van der Waals surface area contributed by atoms with Gasteiger partial charge < -0.3 is 10.6 Å². The predicted molar refractivity (Wildman–Crippen MR) is 112 cm³/mol. The third-order valence-electron chi connectivity index (χ3n) is 4.09. The van der Waals surface area contributed by atoms with Crippen molar-refractivity contribution in [2.24, 2.45) is 0 Å². The number of carbonyl (C=O) groups is 1. The maximum atomic E-state index is 13.8. The molecule has 4 rings (SSSR count). The van der Waals surface area contributed by atoms with E-state index in [1.807, 2.05) is 47.8 Å². The molecule has 4 nitrogen and oxygen atoms in total. The molecule has 0 saturated heterocycles. The van der Waals surface area contributed by atoms with Gasteiger partial charge in [0, 0.05) is 22.2 Å². The molecule has 28 heavy (non-hydrogen) atoms. The molecule has 4 aromatic rings. The molecule has 0 bridgehead atoms. The normalized spacial score (nSPS) is 10.5. The zero-order valence-electron chi connectivity index (χ0n) is 14.7. The van der Waals surface area contributed by atoms with Crippen molar-refractivity contribution in [2.75, 3.05) is 10.6 Å². The molecule has 0 atom stereocenters. The second-order valence-electron chi connectivity index (χ2n) is 6.04. The number of carbonyl (C=O) groups excluding carboxylic acids is 1. The van der Waals surface area contributed by atoms with Crippen molar-refractivity contribution in [1.82, 2.24) is 4.98 Å². The van der Waals surface area contributed by atoms with Crippen LogP contribution in [0, 0.1) is 5.82 Å². The Bertz CT molecular complexity index is 1090. The number of benzene rings is 3. The summed E-state index contributed by atoms with van der Waals surface area (Å²) in [6.07, 6.45) is 0. The fourth-order valence-corrected chi connectivity index (χ4v) is 3.39. The fraction of sp³-hybridized carbons (Fsp3) is 0. The number of rotatable bonds is 5. The van der Waals surface area contributed by atoms with E-state index in [4.69, 9.17) is 0 Å². The number of amides is 1. The van der Waals surface area contributed by atoms with Gasteiger partial charge in [-0.2, -0.15) is 0 Å². The first-order chi connectivity index (χ1) is 13.7. The van der Waals surface area contributed by atoms with Crippen molar-refractivity contribution < 1.29 is 9.18 Å². The summed E-state index contributed by atoms with van der Waals surface area (Å²) < 4.78 is 13.8. The molecule has 0 saturated carbocycles. The number of hydrogen-bond acceptors (Lipinski definition) is 4. The summed E-state index contributed by atoms with van der Waals surface area (Å²) in [6, 6.07) is 23.0. The first-order valence-electron chi connectivity index (χ1n) is 8.63. The molecule has 0 spiro atoms. The van der Waals surface area contributed by atoms with E-state index in [1.54, 1.807) is 30.3 Å². The zero-order valence-corrected chi connectivity index (χ0v) is 15.5. The Balaban J connectivity index is 1.45. The molecule has 2 N–H and O–H groups in total. The Morgan fingerprint density at radius 3 is 2.36 bits per heavy atom. The molecule has 0 aliphatic carbocycles. The Kier molecular flexibility index (Phi) is 5.12. The quantitative estimate of drug-likeness (QED) is 0.444. The Morgan fingerprint density at radius 2 is 1.61 bits per heavy atom. The standard InChI is InChI=1S/C22H16FN3OS/c23-18-8-4-5-9-19(18)25-22-26-20(14-28-22)15-10-12-17(13-11-15)24-21(27)16-6-2-1-3-7-16/h1-14H,(H,24,27)(H,25,26). The van der Waals surface area contributed by atoms with Crippen LogP contribution < -0.4 is 10.6 Å². The van der Waals surface area contributed by atoms with Crippen LogP contribution in [0.2, 0.25) is 0 Å². The monoisotopic (exact) mass is 389 g/mol. The molecule has 1 amide bonds. The van der Waals surface area contributed by atoms with E-state index in [1.165, 1.54) is 17.4 Å². The maximum Gasteiger partial charge on any atom is 0.255 e. The molecule has 0 radical (unpaired) electrons. The van der Waals surface area contributed by atoms with Gasteiger partial charge in [0.2, 0.25) is 0 Å². The molecule has 1 heterocycles. The maximum absolute atomic E-state index is 13.8. The van der Waals surface area contributed by atoms with Gasteiger partial charge in [0.1, 0.15) is 5.82 Å². The highest BCUT2D eigenvalue weighted by atomic mass is 32.1. The average molecular weight is 389 g/mol. The van der Waals surface area contributed by atoms with Crippen LogP contribution in [0.4, 0.5) is 20.9 Å². The van der Waals surface area contributed by atoms with Crippen LogP contribution in [0.5, 0.6) is 0 Å². The van der Waals surface area contributed by atoms with E-state index >= 15 is 0 Å². The summed E-state index contributed by atoms with van der Waals surface area (Å²) in [5.74, 6) is -0.476. The number of hydrogen-bond donors (Lipinski definition) is 2. The van der Waals surface area contributed by atoms with Gasteiger partial charge in [0.15, 0.2) is 5.13 Å². The van der Waals surface area contributed by atoms with Gasteiger partial charge in [-0.25, -0.2) is 9.37 Å². The number of anilines is 3. The van der Waals surface area contributed by atoms with Crippen LogP contribution in [0.25, 0.3) is 11.3 Å². The second kappa shape index (κ2) is 8.02. The van der Waals surface area contributed by atoms with E-state index in [0.717, 1.165) is 11.3 Å².